The van der Waals surface area contributed by atoms with Gasteiger partial charge in [-0.1, -0.05) is 6.07 Å². The molecule has 1 heterocycles. The van der Waals surface area contributed by atoms with Gasteiger partial charge < -0.3 is 4.74 Å². The molecule has 1 aromatic carbocycles. The van der Waals surface area contributed by atoms with Crippen molar-refractivity contribution in [1.29, 1.82) is 0 Å². The van der Waals surface area contributed by atoms with Crippen LogP contribution in [0.2, 0.25) is 0 Å². The van der Waals surface area contributed by atoms with Gasteiger partial charge in [0, 0.05) is 18.7 Å². The predicted molar refractivity (Wildman–Crippen MR) is 92.1 cm³/mol. The summed E-state index contributed by atoms with van der Waals surface area (Å²) in [5.74, 6) is 0.338. The average Bonchev–Trinajstić information content (AvgIpc) is 2.50. The van der Waals surface area contributed by atoms with E-state index in [1.54, 1.807) is 6.92 Å². The number of allylic oxidation sites excluding steroid dienone is 1. The number of rotatable bonds is 3. The van der Waals surface area contributed by atoms with E-state index in [1.807, 2.05) is 32.0 Å². The van der Waals surface area contributed by atoms with Gasteiger partial charge in [-0.15, -0.1) is 0 Å². The first-order valence-corrected chi connectivity index (χ1v) is 7.48. The second kappa shape index (κ2) is 7.54. The Morgan fingerprint density at radius 2 is 1.96 bits per heavy atom. The molecule has 1 saturated heterocycles. The van der Waals surface area contributed by atoms with Gasteiger partial charge in [-0.3, -0.25) is 15.0 Å². The van der Waals surface area contributed by atoms with Crippen LogP contribution < -0.4 is 10.1 Å². The fourth-order valence-electron chi connectivity index (χ4n) is 2.32. The maximum absolute atomic E-state index is 11.8. The van der Waals surface area contributed by atoms with Gasteiger partial charge in [-0.05, 0) is 50.7 Å². The number of aryl methyl sites for hydroxylation is 2. The van der Waals surface area contributed by atoms with Crippen molar-refractivity contribution in [3.05, 3.63) is 41.2 Å². The van der Waals surface area contributed by atoms with Crippen molar-refractivity contribution < 1.29 is 14.3 Å². The first-order valence-electron chi connectivity index (χ1n) is 7.48. The zero-order chi connectivity index (χ0) is 17.7. The van der Waals surface area contributed by atoms with Crippen LogP contribution >= 0.6 is 0 Å². The third-order valence-electron chi connectivity index (χ3n) is 3.38. The SMILES string of the molecule is C=N/C(=N\C=C(/C)N1CCC(=O)NC1=O)Oc1cc(C)cc(C)c1. The predicted octanol–water partition coefficient (Wildman–Crippen LogP) is 2.54. The number of carbonyl (C=O) groups excluding carboxylic acids is 2. The normalized spacial score (nSPS) is 16.0. The lowest BCUT2D eigenvalue weighted by molar-refractivity contribution is -0.121. The Morgan fingerprint density at radius 3 is 2.54 bits per heavy atom. The van der Waals surface area contributed by atoms with Gasteiger partial charge in [0.25, 0.3) is 0 Å². The van der Waals surface area contributed by atoms with Crippen LogP contribution in [-0.4, -0.2) is 36.1 Å². The van der Waals surface area contributed by atoms with E-state index < -0.39 is 6.03 Å². The molecule has 1 aliphatic heterocycles. The molecule has 0 radical (unpaired) electrons. The number of amides is 3. The number of benzene rings is 1. The number of carbonyl (C=O) groups is 2. The molecule has 0 saturated carbocycles. The highest BCUT2D eigenvalue weighted by molar-refractivity contribution is 5.97. The molecule has 7 heteroatoms. The molecule has 0 bridgehead atoms. The van der Waals surface area contributed by atoms with Crippen molar-refractivity contribution in [1.82, 2.24) is 10.2 Å². The van der Waals surface area contributed by atoms with Crippen molar-refractivity contribution in [3.63, 3.8) is 0 Å². The van der Waals surface area contributed by atoms with Crippen LogP contribution in [0.15, 0.2) is 40.1 Å². The number of nitrogens with zero attached hydrogens (tertiary/aromatic N) is 3. The molecule has 0 unspecified atom stereocenters. The highest BCUT2D eigenvalue weighted by atomic mass is 16.5. The number of imide groups is 1. The summed E-state index contributed by atoms with van der Waals surface area (Å²) in [5.41, 5.74) is 2.70. The summed E-state index contributed by atoms with van der Waals surface area (Å²) in [6, 6.07) is 5.39. The zero-order valence-corrected chi connectivity index (χ0v) is 14.0. The lowest BCUT2D eigenvalue weighted by Crippen LogP contribution is -2.48. The third kappa shape index (κ3) is 4.52. The Morgan fingerprint density at radius 1 is 1.29 bits per heavy atom. The number of urea groups is 1. The molecule has 1 aromatic rings. The summed E-state index contributed by atoms with van der Waals surface area (Å²) in [4.78, 5) is 32.2. The molecule has 0 aromatic heterocycles. The molecule has 3 amide bonds. The molecule has 0 spiro atoms. The number of nitrogens with one attached hydrogen (secondary N) is 1. The van der Waals surface area contributed by atoms with E-state index in [-0.39, 0.29) is 18.3 Å². The summed E-state index contributed by atoms with van der Waals surface area (Å²) in [6.07, 6.45) is 1.72. The molecule has 1 fully saturated rings. The number of ether oxygens (including phenoxy) is 1. The van der Waals surface area contributed by atoms with E-state index in [1.165, 1.54) is 11.1 Å². The van der Waals surface area contributed by atoms with Crippen LogP contribution in [0.4, 0.5) is 4.79 Å². The van der Waals surface area contributed by atoms with Gasteiger partial charge in [0.2, 0.25) is 5.91 Å². The largest absolute Gasteiger partial charge is 0.424 e. The molecule has 0 aliphatic carbocycles. The van der Waals surface area contributed by atoms with Crippen LogP contribution in [0.25, 0.3) is 0 Å². The van der Waals surface area contributed by atoms with Gasteiger partial charge in [0.05, 0.1) is 6.20 Å². The maximum Gasteiger partial charge on any atom is 0.328 e. The summed E-state index contributed by atoms with van der Waals surface area (Å²) >= 11 is 0. The minimum atomic E-state index is -0.460. The third-order valence-corrected chi connectivity index (χ3v) is 3.38. The second-order valence-corrected chi connectivity index (χ2v) is 5.52. The number of aliphatic imine (C=N–C) groups is 2. The van der Waals surface area contributed by atoms with Crippen molar-refractivity contribution in [2.24, 2.45) is 9.98 Å². The molecule has 2 rings (SSSR count). The molecule has 1 N–H and O–H groups in total. The monoisotopic (exact) mass is 328 g/mol. The van der Waals surface area contributed by atoms with Crippen molar-refractivity contribution in [3.8, 4) is 5.75 Å². The topological polar surface area (TPSA) is 83.4 Å². The Balaban J connectivity index is 2.13. The fraction of sp³-hybridized carbons (Fsp3) is 0.294. The first kappa shape index (κ1) is 17.4. The summed E-state index contributed by atoms with van der Waals surface area (Å²) in [5, 5.41) is 2.26. The average molecular weight is 328 g/mol. The first-order chi connectivity index (χ1) is 11.4. The molecular weight excluding hydrogens is 308 g/mol. The Kier molecular flexibility index (Phi) is 5.47. The number of hydrogen-bond acceptors (Lipinski definition) is 4. The molecule has 7 nitrogen and oxygen atoms in total. The number of hydrogen-bond donors (Lipinski definition) is 1. The van der Waals surface area contributed by atoms with Crippen LogP contribution in [0.3, 0.4) is 0 Å². The van der Waals surface area contributed by atoms with E-state index in [2.05, 4.69) is 22.0 Å². The van der Waals surface area contributed by atoms with Crippen LogP contribution in [0, 0.1) is 13.8 Å². The Labute approximate surface area is 140 Å². The van der Waals surface area contributed by atoms with E-state index in [9.17, 15) is 9.59 Å². The summed E-state index contributed by atoms with van der Waals surface area (Å²) < 4.78 is 5.61. The van der Waals surface area contributed by atoms with Gasteiger partial charge in [0.15, 0.2) is 0 Å². The standard InChI is InChI=1S/C17H20N4O3/c1-11-7-12(2)9-14(8-11)24-16(18-4)19-10-13(3)21-6-5-15(22)20-17(21)23/h7-10H,4-6H2,1-3H3,(H,20,22,23)/b13-10+,19-16+. The van der Waals surface area contributed by atoms with Crippen molar-refractivity contribution in [2.45, 2.75) is 27.2 Å². The molecule has 126 valence electrons. The van der Waals surface area contributed by atoms with Crippen LogP contribution in [0.1, 0.15) is 24.5 Å². The van der Waals surface area contributed by atoms with Gasteiger partial charge in [-0.2, -0.15) is 0 Å². The highest BCUT2D eigenvalue weighted by Gasteiger charge is 2.23. The smallest absolute Gasteiger partial charge is 0.328 e. The quantitative estimate of drug-likeness (QED) is 0.683. The minimum Gasteiger partial charge on any atom is -0.424 e. The molecule has 0 atom stereocenters. The fourth-order valence-corrected chi connectivity index (χ4v) is 2.32. The zero-order valence-electron chi connectivity index (χ0n) is 14.0. The lowest BCUT2D eigenvalue weighted by Gasteiger charge is -2.26. The number of amidine groups is 1. The summed E-state index contributed by atoms with van der Waals surface area (Å²) in [7, 11) is 0. The van der Waals surface area contributed by atoms with Gasteiger partial charge in [0.1, 0.15) is 5.75 Å². The molecular formula is C17H20N4O3. The van der Waals surface area contributed by atoms with E-state index >= 15 is 0 Å². The second-order valence-electron chi connectivity index (χ2n) is 5.52. The summed E-state index contributed by atoms with van der Waals surface area (Å²) in [6.45, 7) is 9.42. The molecule has 24 heavy (non-hydrogen) atoms. The Bertz CT molecular complexity index is 717. The van der Waals surface area contributed by atoms with Gasteiger partial charge >= 0.3 is 12.1 Å². The van der Waals surface area contributed by atoms with E-state index in [0.717, 1.165) is 11.1 Å². The molecule has 1 aliphatic rings. The lowest BCUT2D eigenvalue weighted by atomic mass is 10.1. The maximum atomic E-state index is 11.8. The van der Waals surface area contributed by atoms with Crippen LogP contribution in [-0.2, 0) is 4.79 Å². The van der Waals surface area contributed by atoms with Crippen molar-refractivity contribution in [2.75, 3.05) is 6.54 Å². The van der Waals surface area contributed by atoms with Gasteiger partial charge in [-0.25, -0.2) is 14.8 Å². The van der Waals surface area contributed by atoms with Crippen molar-refractivity contribution >= 4 is 24.7 Å². The minimum absolute atomic E-state index is 0.0767. The Hall–Kier alpha value is -2.96. The van der Waals surface area contributed by atoms with Crippen LogP contribution in [0.5, 0.6) is 5.75 Å². The highest BCUT2D eigenvalue weighted by Crippen LogP contribution is 2.17. The van der Waals surface area contributed by atoms with E-state index in [0.29, 0.717) is 18.0 Å². The van der Waals surface area contributed by atoms with E-state index in [4.69, 9.17) is 4.74 Å².